The summed E-state index contributed by atoms with van der Waals surface area (Å²) in [6.07, 6.45) is -1.87. The van der Waals surface area contributed by atoms with Crippen molar-refractivity contribution in [2.45, 2.75) is 37.9 Å². The van der Waals surface area contributed by atoms with E-state index in [9.17, 15) is 13.2 Å². The molecule has 26 heavy (non-hydrogen) atoms. The van der Waals surface area contributed by atoms with Crippen LogP contribution in [-0.4, -0.2) is 42.4 Å². The molecule has 1 aromatic heterocycles. The minimum Gasteiger partial charge on any atom is -0.381 e. The van der Waals surface area contributed by atoms with Crippen molar-refractivity contribution in [3.63, 3.8) is 0 Å². The summed E-state index contributed by atoms with van der Waals surface area (Å²) in [5.41, 5.74) is 3.11. The summed E-state index contributed by atoms with van der Waals surface area (Å²) in [6, 6.07) is 10.2. The van der Waals surface area contributed by atoms with Gasteiger partial charge in [0.2, 0.25) is 0 Å². The molecule has 1 unspecified atom stereocenters. The molecule has 2 aliphatic heterocycles. The number of pyridine rings is 1. The number of nitrogens with zero attached hydrogens (tertiary/aromatic N) is 2. The van der Waals surface area contributed by atoms with Crippen molar-refractivity contribution in [3.05, 3.63) is 41.6 Å². The first kappa shape index (κ1) is 17.7. The molecule has 1 atom stereocenters. The molecule has 2 fully saturated rings. The Morgan fingerprint density at radius 2 is 1.88 bits per heavy atom. The highest BCUT2D eigenvalue weighted by Gasteiger charge is 2.43. The van der Waals surface area contributed by atoms with E-state index in [1.54, 1.807) is 0 Å². The van der Waals surface area contributed by atoms with Gasteiger partial charge in [0.25, 0.3) is 0 Å². The van der Waals surface area contributed by atoms with Gasteiger partial charge in [-0.3, -0.25) is 9.88 Å². The van der Waals surface area contributed by atoms with Gasteiger partial charge in [-0.05, 0) is 49.6 Å². The molecule has 6 heteroatoms. The molecule has 0 saturated carbocycles. The van der Waals surface area contributed by atoms with Crippen LogP contribution in [0.25, 0.3) is 10.9 Å². The van der Waals surface area contributed by atoms with E-state index in [-0.39, 0.29) is 13.0 Å². The smallest absolute Gasteiger partial charge is 0.381 e. The zero-order valence-electron chi connectivity index (χ0n) is 14.6. The van der Waals surface area contributed by atoms with E-state index >= 15 is 0 Å². The van der Waals surface area contributed by atoms with Crippen molar-refractivity contribution in [3.8, 4) is 0 Å². The molecular weight excluding hydrogens is 341 g/mol. The number of fused-ring (bicyclic) bond motifs is 1. The minimum absolute atomic E-state index is 0.0997. The first-order valence-corrected chi connectivity index (χ1v) is 9.25. The third-order valence-electron chi connectivity index (χ3n) is 5.56. The fourth-order valence-corrected chi connectivity index (χ4v) is 4.01. The predicted octanol–water partition coefficient (Wildman–Crippen LogP) is 4.51. The maximum Gasteiger partial charge on any atom is 0.393 e. The Balaban J connectivity index is 1.46. The van der Waals surface area contributed by atoms with Crippen molar-refractivity contribution < 1.29 is 17.9 Å². The Labute approximate surface area is 151 Å². The number of halogens is 3. The Hall–Kier alpha value is -1.66. The van der Waals surface area contributed by atoms with Crippen LogP contribution < -0.4 is 0 Å². The van der Waals surface area contributed by atoms with E-state index < -0.39 is 12.1 Å². The largest absolute Gasteiger partial charge is 0.393 e. The fourth-order valence-electron chi connectivity index (χ4n) is 4.01. The summed E-state index contributed by atoms with van der Waals surface area (Å²) >= 11 is 0. The SMILES string of the molecule is FC(F)(F)C1CCN(Cc2ccc3nc(C4CCOCC4)ccc3c2)C1. The summed E-state index contributed by atoms with van der Waals surface area (Å²) in [5, 5.41) is 1.05. The fraction of sp³-hybridized carbons (Fsp3) is 0.550. The molecule has 3 heterocycles. The topological polar surface area (TPSA) is 25.4 Å². The Morgan fingerprint density at radius 3 is 2.62 bits per heavy atom. The Kier molecular flexibility index (Phi) is 4.88. The number of hydrogen-bond donors (Lipinski definition) is 0. The van der Waals surface area contributed by atoms with Crippen LogP contribution in [0.5, 0.6) is 0 Å². The van der Waals surface area contributed by atoms with Gasteiger partial charge in [-0.15, -0.1) is 0 Å². The highest BCUT2D eigenvalue weighted by atomic mass is 19.4. The molecular formula is C20H23F3N2O. The second kappa shape index (κ2) is 7.16. The molecule has 0 N–H and O–H groups in total. The van der Waals surface area contributed by atoms with Gasteiger partial charge in [0.1, 0.15) is 0 Å². The third-order valence-corrected chi connectivity index (χ3v) is 5.56. The first-order chi connectivity index (χ1) is 12.5. The highest BCUT2D eigenvalue weighted by molar-refractivity contribution is 5.79. The number of benzene rings is 1. The normalized spacial score (nSPS) is 23.0. The van der Waals surface area contributed by atoms with E-state index in [2.05, 4.69) is 18.2 Å². The maximum absolute atomic E-state index is 12.8. The lowest BCUT2D eigenvalue weighted by atomic mass is 9.95. The molecule has 4 rings (SSSR count). The quantitative estimate of drug-likeness (QED) is 0.801. The van der Waals surface area contributed by atoms with Crippen molar-refractivity contribution in [1.82, 2.24) is 9.88 Å². The molecule has 0 bridgehead atoms. The highest BCUT2D eigenvalue weighted by Crippen LogP contribution is 2.34. The average Bonchev–Trinajstić information content (AvgIpc) is 3.11. The lowest BCUT2D eigenvalue weighted by Crippen LogP contribution is -2.27. The van der Waals surface area contributed by atoms with E-state index in [0.29, 0.717) is 19.0 Å². The number of hydrogen-bond acceptors (Lipinski definition) is 3. The molecule has 0 amide bonds. The summed E-state index contributed by atoms with van der Waals surface area (Å²) < 4.78 is 43.9. The van der Waals surface area contributed by atoms with Gasteiger partial charge in [-0.25, -0.2) is 0 Å². The lowest BCUT2D eigenvalue weighted by molar-refractivity contribution is -0.170. The maximum atomic E-state index is 12.8. The second-order valence-corrected chi connectivity index (χ2v) is 7.41. The molecule has 0 radical (unpaired) electrons. The van der Waals surface area contributed by atoms with E-state index in [1.807, 2.05) is 17.0 Å². The van der Waals surface area contributed by atoms with Crippen LogP contribution in [0.4, 0.5) is 13.2 Å². The number of ether oxygens (including phenoxy) is 1. The van der Waals surface area contributed by atoms with Gasteiger partial charge in [0.05, 0.1) is 11.4 Å². The van der Waals surface area contributed by atoms with Crippen LogP contribution in [0.1, 0.15) is 36.4 Å². The zero-order chi connectivity index (χ0) is 18.1. The van der Waals surface area contributed by atoms with Gasteiger partial charge in [-0.2, -0.15) is 13.2 Å². The van der Waals surface area contributed by atoms with Crippen LogP contribution in [0.2, 0.25) is 0 Å². The monoisotopic (exact) mass is 364 g/mol. The van der Waals surface area contributed by atoms with E-state index in [0.717, 1.165) is 48.2 Å². The van der Waals surface area contributed by atoms with E-state index in [4.69, 9.17) is 9.72 Å². The lowest BCUT2D eigenvalue weighted by Gasteiger charge is -2.22. The van der Waals surface area contributed by atoms with Gasteiger partial charge in [0, 0.05) is 43.3 Å². The van der Waals surface area contributed by atoms with Crippen LogP contribution >= 0.6 is 0 Å². The van der Waals surface area contributed by atoms with Gasteiger partial charge in [0.15, 0.2) is 0 Å². The van der Waals surface area contributed by atoms with Gasteiger partial charge >= 0.3 is 6.18 Å². The van der Waals surface area contributed by atoms with Crippen molar-refractivity contribution >= 4 is 10.9 Å². The standard InChI is InChI=1S/C20H23F3N2O/c21-20(22,23)17-5-8-25(13-17)12-14-1-3-19-16(11-14)2-4-18(24-19)15-6-9-26-10-7-15/h1-4,11,15,17H,5-10,12-13H2. The number of aromatic nitrogens is 1. The molecule has 2 saturated heterocycles. The van der Waals surface area contributed by atoms with E-state index in [1.165, 1.54) is 0 Å². The molecule has 2 aromatic rings. The Morgan fingerprint density at radius 1 is 1.08 bits per heavy atom. The van der Waals surface area contributed by atoms with Crippen molar-refractivity contribution in [2.24, 2.45) is 5.92 Å². The second-order valence-electron chi connectivity index (χ2n) is 7.41. The predicted molar refractivity (Wildman–Crippen MR) is 94.0 cm³/mol. The van der Waals surface area contributed by atoms with Crippen molar-refractivity contribution in [2.75, 3.05) is 26.3 Å². The third kappa shape index (κ3) is 3.86. The molecule has 140 valence electrons. The zero-order valence-corrected chi connectivity index (χ0v) is 14.6. The molecule has 1 aromatic carbocycles. The summed E-state index contributed by atoms with van der Waals surface area (Å²) in [5.74, 6) is -0.733. The summed E-state index contributed by atoms with van der Waals surface area (Å²) in [7, 11) is 0. The first-order valence-electron chi connectivity index (χ1n) is 9.25. The van der Waals surface area contributed by atoms with Crippen molar-refractivity contribution in [1.29, 1.82) is 0 Å². The summed E-state index contributed by atoms with van der Waals surface area (Å²) in [6.45, 7) is 2.74. The van der Waals surface area contributed by atoms with Crippen LogP contribution in [0.3, 0.4) is 0 Å². The molecule has 0 aliphatic carbocycles. The average molecular weight is 364 g/mol. The van der Waals surface area contributed by atoms with Gasteiger partial charge in [-0.1, -0.05) is 12.1 Å². The Bertz CT molecular complexity index is 771. The van der Waals surface area contributed by atoms with Crippen LogP contribution in [-0.2, 0) is 11.3 Å². The molecule has 3 nitrogen and oxygen atoms in total. The minimum atomic E-state index is -4.08. The number of alkyl halides is 3. The molecule has 2 aliphatic rings. The van der Waals surface area contributed by atoms with Crippen LogP contribution in [0.15, 0.2) is 30.3 Å². The van der Waals surface area contributed by atoms with Crippen LogP contribution in [0, 0.1) is 5.92 Å². The van der Waals surface area contributed by atoms with Gasteiger partial charge < -0.3 is 4.74 Å². The number of likely N-dealkylation sites (tertiary alicyclic amines) is 1. The summed E-state index contributed by atoms with van der Waals surface area (Å²) in [4.78, 5) is 6.69. The molecule has 0 spiro atoms. The number of rotatable bonds is 3.